The van der Waals surface area contributed by atoms with Gasteiger partial charge in [0.25, 0.3) is 0 Å². The van der Waals surface area contributed by atoms with E-state index in [0.717, 1.165) is 0 Å². The van der Waals surface area contributed by atoms with Crippen molar-refractivity contribution in [3.05, 3.63) is 18.7 Å². The molecular weight excluding hydrogens is 166 g/mol. The second kappa shape index (κ2) is 3.47. The number of imidazole rings is 1. The maximum absolute atomic E-state index is 9.22. The van der Waals surface area contributed by atoms with Crippen molar-refractivity contribution >= 4 is 0 Å². The molecular formula is C9H15N3O. The van der Waals surface area contributed by atoms with Crippen molar-refractivity contribution in [1.82, 2.24) is 9.55 Å². The van der Waals surface area contributed by atoms with E-state index in [4.69, 9.17) is 5.73 Å². The molecule has 0 aliphatic heterocycles. The number of aliphatic hydroxyl groups is 1. The van der Waals surface area contributed by atoms with Gasteiger partial charge in [-0.3, -0.25) is 0 Å². The summed E-state index contributed by atoms with van der Waals surface area (Å²) in [6, 6.07) is 0.0641. The van der Waals surface area contributed by atoms with E-state index < -0.39 is 0 Å². The fourth-order valence-electron chi connectivity index (χ4n) is 1.68. The lowest BCUT2D eigenvalue weighted by molar-refractivity contribution is 0.198. The molecule has 1 saturated carbocycles. The monoisotopic (exact) mass is 181 g/mol. The molecule has 3 N–H and O–H groups in total. The van der Waals surface area contributed by atoms with Crippen LogP contribution in [0, 0.1) is 5.92 Å². The number of hydrogen-bond acceptors (Lipinski definition) is 3. The Balaban J connectivity index is 2.08. The van der Waals surface area contributed by atoms with Crippen molar-refractivity contribution in [2.24, 2.45) is 11.7 Å². The van der Waals surface area contributed by atoms with Crippen molar-refractivity contribution in [1.29, 1.82) is 0 Å². The van der Waals surface area contributed by atoms with Crippen LogP contribution in [0.3, 0.4) is 0 Å². The van der Waals surface area contributed by atoms with Crippen LogP contribution in [0.5, 0.6) is 0 Å². The number of nitrogens with zero attached hydrogens (tertiary/aromatic N) is 2. The molecule has 1 heterocycles. The normalized spacial score (nSPS) is 21.4. The van der Waals surface area contributed by atoms with Crippen molar-refractivity contribution in [3.63, 3.8) is 0 Å². The average Bonchev–Trinajstić information content (AvgIpc) is 2.86. The van der Waals surface area contributed by atoms with E-state index in [1.54, 1.807) is 12.5 Å². The largest absolute Gasteiger partial charge is 0.394 e. The molecule has 1 aliphatic rings. The lowest BCUT2D eigenvalue weighted by Crippen LogP contribution is -2.35. The third-order valence-corrected chi connectivity index (χ3v) is 2.71. The molecule has 72 valence electrons. The minimum Gasteiger partial charge on any atom is -0.394 e. The van der Waals surface area contributed by atoms with Crippen LogP contribution < -0.4 is 5.73 Å². The summed E-state index contributed by atoms with van der Waals surface area (Å²) in [6.45, 7) is 0.0913. The van der Waals surface area contributed by atoms with Crippen LogP contribution in [0.15, 0.2) is 18.7 Å². The van der Waals surface area contributed by atoms with E-state index in [2.05, 4.69) is 4.98 Å². The molecule has 1 aromatic rings. The molecule has 0 spiro atoms. The summed E-state index contributed by atoms with van der Waals surface area (Å²) in [5, 5.41) is 9.22. The van der Waals surface area contributed by atoms with Gasteiger partial charge >= 0.3 is 0 Å². The molecule has 1 fully saturated rings. The molecule has 4 nitrogen and oxygen atoms in total. The third kappa shape index (κ3) is 1.73. The summed E-state index contributed by atoms with van der Waals surface area (Å²) in [6.07, 6.45) is 7.67. The van der Waals surface area contributed by atoms with Crippen LogP contribution in [-0.2, 0) is 0 Å². The van der Waals surface area contributed by atoms with Gasteiger partial charge in [-0.1, -0.05) is 0 Å². The van der Waals surface area contributed by atoms with Crippen molar-refractivity contribution in [3.8, 4) is 0 Å². The van der Waals surface area contributed by atoms with Gasteiger partial charge in [0.1, 0.15) is 0 Å². The van der Waals surface area contributed by atoms with Gasteiger partial charge in [-0.05, 0) is 18.8 Å². The Hall–Kier alpha value is -0.870. The van der Waals surface area contributed by atoms with Gasteiger partial charge in [0.05, 0.1) is 19.0 Å². The summed E-state index contributed by atoms with van der Waals surface area (Å²) in [5.41, 5.74) is 6.02. The molecule has 0 saturated heterocycles. The maximum atomic E-state index is 9.22. The predicted molar refractivity (Wildman–Crippen MR) is 49.0 cm³/mol. The van der Waals surface area contributed by atoms with Crippen LogP contribution in [-0.4, -0.2) is 27.3 Å². The highest BCUT2D eigenvalue weighted by molar-refractivity contribution is 4.93. The minimum atomic E-state index is -0.00463. The first-order chi connectivity index (χ1) is 6.33. The smallest absolute Gasteiger partial charge is 0.0949 e. The van der Waals surface area contributed by atoms with E-state index in [0.29, 0.717) is 5.92 Å². The zero-order chi connectivity index (χ0) is 9.26. The van der Waals surface area contributed by atoms with E-state index in [-0.39, 0.29) is 18.7 Å². The Morgan fingerprint density at radius 2 is 2.38 bits per heavy atom. The quantitative estimate of drug-likeness (QED) is 0.695. The molecule has 13 heavy (non-hydrogen) atoms. The van der Waals surface area contributed by atoms with Crippen molar-refractivity contribution < 1.29 is 5.11 Å². The Morgan fingerprint density at radius 3 is 2.85 bits per heavy atom. The van der Waals surface area contributed by atoms with Crippen LogP contribution in [0.4, 0.5) is 0 Å². The SMILES string of the molecule is NC(C1CC1)C(CO)n1ccnc1. The lowest BCUT2D eigenvalue weighted by atomic mass is 10.1. The van der Waals surface area contributed by atoms with Gasteiger partial charge in [0.2, 0.25) is 0 Å². The molecule has 0 amide bonds. The first-order valence-electron chi connectivity index (χ1n) is 4.67. The first-order valence-corrected chi connectivity index (χ1v) is 4.67. The molecule has 1 aliphatic carbocycles. The second-order valence-corrected chi connectivity index (χ2v) is 3.67. The fourth-order valence-corrected chi connectivity index (χ4v) is 1.68. The summed E-state index contributed by atoms with van der Waals surface area (Å²) >= 11 is 0. The Labute approximate surface area is 77.4 Å². The molecule has 0 radical (unpaired) electrons. The maximum Gasteiger partial charge on any atom is 0.0949 e. The molecule has 0 bridgehead atoms. The molecule has 2 atom stereocenters. The van der Waals surface area contributed by atoms with Crippen LogP contribution in [0.25, 0.3) is 0 Å². The average molecular weight is 181 g/mol. The molecule has 2 rings (SSSR count). The third-order valence-electron chi connectivity index (χ3n) is 2.71. The summed E-state index contributed by atoms with van der Waals surface area (Å²) in [4.78, 5) is 3.95. The van der Waals surface area contributed by atoms with E-state index >= 15 is 0 Å². The molecule has 0 aromatic carbocycles. The van der Waals surface area contributed by atoms with Crippen LogP contribution in [0.2, 0.25) is 0 Å². The minimum absolute atomic E-state index is 0.00463. The van der Waals surface area contributed by atoms with Gasteiger partial charge in [0, 0.05) is 18.4 Å². The van der Waals surface area contributed by atoms with Gasteiger partial charge in [-0.2, -0.15) is 0 Å². The van der Waals surface area contributed by atoms with E-state index in [1.807, 2.05) is 10.8 Å². The lowest BCUT2D eigenvalue weighted by Gasteiger charge is -2.22. The number of rotatable bonds is 4. The topological polar surface area (TPSA) is 64.1 Å². The summed E-state index contributed by atoms with van der Waals surface area (Å²) in [5.74, 6) is 0.597. The predicted octanol–water partition coefficient (Wildman–Crippen LogP) is 0.154. The Morgan fingerprint density at radius 1 is 1.62 bits per heavy atom. The fraction of sp³-hybridized carbons (Fsp3) is 0.667. The molecule has 1 aromatic heterocycles. The van der Waals surface area contributed by atoms with Crippen molar-refractivity contribution in [2.45, 2.75) is 24.9 Å². The van der Waals surface area contributed by atoms with Crippen LogP contribution >= 0.6 is 0 Å². The zero-order valence-corrected chi connectivity index (χ0v) is 7.50. The standard InChI is InChI=1S/C9H15N3O/c10-9(7-1-2-7)8(5-13)12-4-3-11-6-12/h3-4,6-9,13H,1-2,5,10H2. The molecule has 2 unspecified atom stereocenters. The summed E-state index contributed by atoms with van der Waals surface area (Å²) < 4.78 is 1.89. The highest BCUT2D eigenvalue weighted by atomic mass is 16.3. The van der Waals surface area contributed by atoms with Gasteiger partial charge < -0.3 is 15.4 Å². The van der Waals surface area contributed by atoms with Gasteiger partial charge in [-0.15, -0.1) is 0 Å². The van der Waals surface area contributed by atoms with Gasteiger partial charge in [-0.25, -0.2) is 4.98 Å². The number of aliphatic hydroxyl groups excluding tert-OH is 1. The Bertz CT molecular complexity index is 256. The number of aromatic nitrogens is 2. The van der Waals surface area contributed by atoms with E-state index in [9.17, 15) is 5.11 Å². The number of hydrogen-bond donors (Lipinski definition) is 2. The second-order valence-electron chi connectivity index (χ2n) is 3.67. The Kier molecular flexibility index (Phi) is 2.33. The number of nitrogens with two attached hydrogens (primary N) is 1. The van der Waals surface area contributed by atoms with E-state index in [1.165, 1.54) is 12.8 Å². The van der Waals surface area contributed by atoms with Crippen molar-refractivity contribution in [2.75, 3.05) is 6.61 Å². The molecule has 4 heteroatoms. The highest BCUT2D eigenvalue weighted by Gasteiger charge is 2.34. The highest BCUT2D eigenvalue weighted by Crippen LogP contribution is 2.35. The van der Waals surface area contributed by atoms with Gasteiger partial charge in [0.15, 0.2) is 0 Å². The first kappa shape index (κ1) is 8.72. The summed E-state index contributed by atoms with van der Waals surface area (Å²) in [7, 11) is 0. The zero-order valence-electron chi connectivity index (χ0n) is 7.50. The van der Waals surface area contributed by atoms with Crippen LogP contribution in [0.1, 0.15) is 18.9 Å².